The molecule has 0 bridgehead atoms. The SMILES string of the molecule is COc1ccc(C(C)=NOCc2nc3c4c(C)c(C)n(CCCN(C)C)c4ncn3n2)cc1. The van der Waals surface area contributed by atoms with Gasteiger partial charge in [-0.2, -0.15) is 0 Å². The number of hydrogen-bond acceptors (Lipinski definition) is 7. The molecule has 0 amide bonds. The van der Waals surface area contributed by atoms with Crippen molar-refractivity contribution in [1.82, 2.24) is 29.0 Å². The highest BCUT2D eigenvalue weighted by molar-refractivity contribution is 5.98. The lowest BCUT2D eigenvalue weighted by Crippen LogP contribution is -2.15. The van der Waals surface area contributed by atoms with Gasteiger partial charge in [0.05, 0.1) is 18.2 Å². The van der Waals surface area contributed by atoms with Gasteiger partial charge in [-0.05, 0) is 83.2 Å². The molecule has 9 nitrogen and oxygen atoms in total. The Balaban J connectivity index is 1.54. The lowest BCUT2D eigenvalue weighted by atomic mass is 10.1. The first kappa shape index (κ1) is 22.7. The maximum absolute atomic E-state index is 5.56. The fourth-order valence-electron chi connectivity index (χ4n) is 3.93. The minimum atomic E-state index is 0.179. The Kier molecular flexibility index (Phi) is 6.60. The number of hydrogen-bond donors (Lipinski definition) is 0. The second-order valence-electron chi connectivity index (χ2n) is 8.44. The lowest BCUT2D eigenvalue weighted by molar-refractivity contribution is 0.125. The lowest BCUT2D eigenvalue weighted by Gasteiger charge is -2.11. The molecule has 0 atom stereocenters. The number of oxime groups is 1. The molecule has 0 radical (unpaired) electrons. The van der Waals surface area contributed by atoms with Crippen molar-refractivity contribution in [3.05, 3.63) is 53.2 Å². The van der Waals surface area contributed by atoms with E-state index in [1.54, 1.807) is 18.0 Å². The van der Waals surface area contributed by atoms with E-state index in [4.69, 9.17) is 19.5 Å². The third-order valence-electron chi connectivity index (χ3n) is 5.88. The van der Waals surface area contributed by atoms with Crippen molar-refractivity contribution >= 4 is 22.4 Å². The highest BCUT2D eigenvalue weighted by Gasteiger charge is 2.18. The first-order chi connectivity index (χ1) is 15.9. The summed E-state index contributed by atoms with van der Waals surface area (Å²) in [6.45, 7) is 8.29. The molecule has 3 heterocycles. The van der Waals surface area contributed by atoms with Crippen molar-refractivity contribution < 1.29 is 9.57 Å². The van der Waals surface area contributed by atoms with E-state index >= 15 is 0 Å². The third-order valence-corrected chi connectivity index (χ3v) is 5.88. The predicted molar refractivity (Wildman–Crippen MR) is 129 cm³/mol. The smallest absolute Gasteiger partial charge is 0.192 e. The Morgan fingerprint density at radius 1 is 1.12 bits per heavy atom. The van der Waals surface area contributed by atoms with E-state index in [-0.39, 0.29) is 6.61 Å². The zero-order valence-corrected chi connectivity index (χ0v) is 20.2. The number of rotatable bonds is 9. The van der Waals surface area contributed by atoms with Gasteiger partial charge in [-0.25, -0.2) is 14.5 Å². The summed E-state index contributed by atoms with van der Waals surface area (Å²) in [4.78, 5) is 17.2. The topological polar surface area (TPSA) is 82.1 Å². The van der Waals surface area contributed by atoms with Gasteiger partial charge >= 0.3 is 0 Å². The van der Waals surface area contributed by atoms with Crippen molar-refractivity contribution in [2.75, 3.05) is 27.7 Å². The first-order valence-corrected chi connectivity index (χ1v) is 11.0. The van der Waals surface area contributed by atoms with Gasteiger partial charge in [-0.3, -0.25) is 0 Å². The molecule has 0 aliphatic rings. The third kappa shape index (κ3) is 4.68. The monoisotopic (exact) mass is 449 g/mol. The van der Waals surface area contributed by atoms with Crippen LogP contribution in [-0.2, 0) is 18.0 Å². The largest absolute Gasteiger partial charge is 0.497 e. The van der Waals surface area contributed by atoms with E-state index < -0.39 is 0 Å². The molecule has 0 saturated carbocycles. The van der Waals surface area contributed by atoms with Crippen molar-refractivity contribution in [2.45, 2.75) is 40.3 Å². The van der Waals surface area contributed by atoms with Crippen LogP contribution in [0.3, 0.4) is 0 Å². The van der Waals surface area contributed by atoms with Crippen molar-refractivity contribution in [2.24, 2.45) is 5.16 Å². The predicted octanol–water partition coefficient (Wildman–Crippen LogP) is 3.60. The van der Waals surface area contributed by atoms with Crippen LogP contribution in [0.15, 0.2) is 35.7 Å². The standard InChI is InChI=1S/C24H31N7O2/c1-16-18(3)30(13-7-12-29(4)5)23-22(16)24-26-21(27-31(24)15-25-23)14-33-28-17(2)19-8-10-20(32-6)11-9-19/h8-11,15H,7,12-14H2,1-6H3. The second kappa shape index (κ2) is 9.58. The van der Waals surface area contributed by atoms with Gasteiger partial charge in [-0.1, -0.05) is 5.16 Å². The minimum Gasteiger partial charge on any atom is -0.497 e. The maximum atomic E-state index is 5.56. The van der Waals surface area contributed by atoms with E-state index in [0.717, 1.165) is 53.2 Å². The molecule has 0 aliphatic heterocycles. The molecule has 3 aromatic heterocycles. The van der Waals surface area contributed by atoms with Crippen molar-refractivity contribution in [3.63, 3.8) is 0 Å². The summed E-state index contributed by atoms with van der Waals surface area (Å²) in [7, 11) is 5.83. The summed E-state index contributed by atoms with van der Waals surface area (Å²) >= 11 is 0. The molecule has 0 fully saturated rings. The van der Waals surface area contributed by atoms with Crippen LogP contribution in [0.5, 0.6) is 5.75 Å². The molecule has 174 valence electrons. The van der Waals surface area contributed by atoms with Gasteiger partial charge in [0, 0.05) is 12.2 Å². The highest BCUT2D eigenvalue weighted by atomic mass is 16.6. The maximum Gasteiger partial charge on any atom is 0.192 e. The summed E-state index contributed by atoms with van der Waals surface area (Å²) in [6.07, 6.45) is 2.78. The molecular formula is C24H31N7O2. The zero-order chi connectivity index (χ0) is 23.5. The van der Waals surface area contributed by atoms with Crippen LogP contribution in [0.25, 0.3) is 16.7 Å². The molecular weight excluding hydrogens is 418 g/mol. The van der Waals surface area contributed by atoms with Gasteiger partial charge in [0.15, 0.2) is 18.1 Å². The molecule has 0 N–H and O–H groups in total. The van der Waals surface area contributed by atoms with E-state index in [2.05, 4.69) is 47.7 Å². The van der Waals surface area contributed by atoms with Gasteiger partial charge in [0.25, 0.3) is 0 Å². The fourth-order valence-corrected chi connectivity index (χ4v) is 3.93. The van der Waals surface area contributed by atoms with Crippen LogP contribution in [0.4, 0.5) is 0 Å². The number of ether oxygens (including phenoxy) is 1. The highest BCUT2D eigenvalue weighted by Crippen LogP contribution is 2.27. The summed E-state index contributed by atoms with van der Waals surface area (Å²) in [5.74, 6) is 1.37. The van der Waals surface area contributed by atoms with Crippen molar-refractivity contribution in [3.8, 4) is 5.75 Å². The zero-order valence-electron chi connectivity index (χ0n) is 20.2. The average Bonchev–Trinajstić information content (AvgIpc) is 3.32. The Hall–Kier alpha value is -3.46. The quantitative estimate of drug-likeness (QED) is 0.287. The molecule has 0 aliphatic carbocycles. The van der Waals surface area contributed by atoms with Crippen LogP contribution in [0.2, 0.25) is 0 Å². The van der Waals surface area contributed by atoms with E-state index in [1.807, 2.05) is 31.2 Å². The number of methoxy groups -OCH3 is 1. The van der Waals surface area contributed by atoms with E-state index in [1.165, 1.54) is 11.3 Å². The summed E-state index contributed by atoms with van der Waals surface area (Å²) in [6, 6.07) is 7.68. The number of nitrogens with zero attached hydrogens (tertiary/aromatic N) is 7. The van der Waals surface area contributed by atoms with Gasteiger partial charge in [0.1, 0.15) is 17.7 Å². The van der Waals surface area contributed by atoms with Crippen LogP contribution in [-0.4, -0.2) is 62.5 Å². The van der Waals surface area contributed by atoms with Gasteiger partial charge in [-0.15, -0.1) is 5.10 Å². The molecule has 33 heavy (non-hydrogen) atoms. The summed E-state index contributed by atoms with van der Waals surface area (Å²) < 4.78 is 9.19. The number of aryl methyl sites for hydroxylation is 2. The van der Waals surface area contributed by atoms with E-state index in [0.29, 0.717) is 5.82 Å². The Morgan fingerprint density at radius 2 is 1.88 bits per heavy atom. The first-order valence-electron chi connectivity index (χ1n) is 11.0. The number of benzene rings is 1. The Bertz CT molecular complexity index is 1290. The molecule has 0 saturated heterocycles. The number of fused-ring (bicyclic) bond motifs is 3. The van der Waals surface area contributed by atoms with Crippen LogP contribution >= 0.6 is 0 Å². The Labute approximate surface area is 193 Å². The average molecular weight is 450 g/mol. The molecule has 0 spiro atoms. The second-order valence-corrected chi connectivity index (χ2v) is 8.44. The van der Waals surface area contributed by atoms with Crippen LogP contribution < -0.4 is 4.74 Å². The van der Waals surface area contributed by atoms with Crippen LogP contribution in [0.1, 0.15) is 36.0 Å². The molecule has 9 heteroatoms. The minimum absolute atomic E-state index is 0.179. The van der Waals surface area contributed by atoms with Gasteiger partial charge < -0.3 is 19.0 Å². The number of aromatic nitrogens is 5. The molecule has 4 aromatic rings. The van der Waals surface area contributed by atoms with E-state index in [9.17, 15) is 0 Å². The van der Waals surface area contributed by atoms with Gasteiger partial charge in [0.2, 0.25) is 0 Å². The molecule has 1 aromatic carbocycles. The fraction of sp³-hybridized carbons (Fsp3) is 0.417. The van der Waals surface area contributed by atoms with Crippen LogP contribution in [0, 0.1) is 13.8 Å². The summed E-state index contributed by atoms with van der Waals surface area (Å²) in [5, 5.41) is 9.80. The summed E-state index contributed by atoms with van der Waals surface area (Å²) in [5.41, 5.74) is 5.87. The normalized spacial score (nSPS) is 12.3. The Morgan fingerprint density at radius 3 is 2.58 bits per heavy atom. The molecule has 0 unspecified atom stereocenters. The molecule has 4 rings (SSSR count). The van der Waals surface area contributed by atoms with Crippen molar-refractivity contribution in [1.29, 1.82) is 0 Å².